The molecular formula is C25H31Rb. The summed E-state index contributed by atoms with van der Waals surface area (Å²) >= 11 is 0. The van der Waals surface area contributed by atoms with Gasteiger partial charge in [-0.15, -0.1) is 0 Å². The minimum absolute atomic E-state index is 0. The third kappa shape index (κ3) is 5.19. The molecule has 0 amide bonds. The smallest absolute Gasteiger partial charge is 0.328 e. The fraction of sp³-hybridized carbons (Fsp3) is 0.480. The van der Waals surface area contributed by atoms with Crippen molar-refractivity contribution in [3.63, 3.8) is 0 Å². The van der Waals surface area contributed by atoms with E-state index in [2.05, 4.69) is 61.9 Å². The van der Waals surface area contributed by atoms with Gasteiger partial charge in [-0.25, -0.2) is 0 Å². The van der Waals surface area contributed by atoms with E-state index in [1.165, 1.54) is 68.1 Å². The Hall–Kier alpha value is 0.245. The largest absolute Gasteiger partial charge is 1.00 e. The summed E-state index contributed by atoms with van der Waals surface area (Å²) < 4.78 is 0. The summed E-state index contributed by atoms with van der Waals surface area (Å²) in [6, 6.07) is 18.8. The summed E-state index contributed by atoms with van der Waals surface area (Å²) in [5.41, 5.74) is 5.79. The first-order chi connectivity index (χ1) is 12.3. The van der Waals surface area contributed by atoms with Crippen molar-refractivity contribution in [3.8, 4) is 11.1 Å². The topological polar surface area (TPSA) is 0 Å². The van der Waals surface area contributed by atoms with Gasteiger partial charge in [0, 0.05) is 0 Å². The molecule has 0 saturated heterocycles. The molecule has 2 aromatic rings. The molecule has 132 valence electrons. The maximum Gasteiger partial charge on any atom is 1.00 e. The summed E-state index contributed by atoms with van der Waals surface area (Å²) in [6.07, 6.45) is 13.2. The molecule has 0 radical (unpaired) electrons. The molecule has 2 fully saturated rings. The molecule has 0 heterocycles. The molecule has 0 atom stereocenters. The Kier molecular flexibility index (Phi) is 8.18. The van der Waals surface area contributed by atoms with Gasteiger partial charge in [-0.05, 0) is 52.8 Å². The van der Waals surface area contributed by atoms with Crippen LogP contribution in [0.4, 0.5) is 0 Å². The standard InChI is InChI=1S/C25H31.Rb/c1-19-7-9-21(10-8-19)23-15-17-25(18-16-23)24-13-11-22(12-14-24)20-5-3-2-4-6-20;/h2,11-21H,3-10H2,1H3;/q-1;+1. The number of rotatable bonds is 3. The van der Waals surface area contributed by atoms with Gasteiger partial charge in [0.2, 0.25) is 0 Å². The summed E-state index contributed by atoms with van der Waals surface area (Å²) in [7, 11) is 0. The quantitative estimate of drug-likeness (QED) is 0.645. The Morgan fingerprint density at radius 1 is 0.615 bits per heavy atom. The van der Waals surface area contributed by atoms with Crippen molar-refractivity contribution in [1.29, 1.82) is 0 Å². The molecule has 1 heteroatoms. The van der Waals surface area contributed by atoms with Crippen LogP contribution in [0.3, 0.4) is 0 Å². The first-order valence-corrected chi connectivity index (χ1v) is 10.3. The molecule has 0 spiro atoms. The van der Waals surface area contributed by atoms with Crippen LogP contribution >= 0.6 is 0 Å². The van der Waals surface area contributed by atoms with E-state index in [0.717, 1.165) is 17.8 Å². The second kappa shape index (κ2) is 10.1. The number of benzene rings is 2. The third-order valence-electron chi connectivity index (χ3n) is 6.55. The summed E-state index contributed by atoms with van der Waals surface area (Å²) in [5.74, 6) is 2.49. The zero-order valence-electron chi connectivity index (χ0n) is 16.6. The number of hydrogen-bond acceptors (Lipinski definition) is 0. The van der Waals surface area contributed by atoms with Gasteiger partial charge in [0.15, 0.2) is 0 Å². The fourth-order valence-electron chi connectivity index (χ4n) is 4.75. The Bertz CT molecular complexity index is 656. The first kappa shape index (κ1) is 21.0. The van der Waals surface area contributed by atoms with Crippen molar-refractivity contribution >= 4 is 0 Å². The van der Waals surface area contributed by atoms with Crippen molar-refractivity contribution in [3.05, 3.63) is 66.1 Å². The van der Waals surface area contributed by atoms with Gasteiger partial charge >= 0.3 is 58.2 Å². The Labute approximate surface area is 209 Å². The monoisotopic (exact) mass is 416 g/mol. The van der Waals surface area contributed by atoms with E-state index in [1.54, 1.807) is 5.56 Å². The molecule has 2 saturated carbocycles. The molecule has 2 aromatic carbocycles. The van der Waals surface area contributed by atoms with Crippen molar-refractivity contribution in [2.45, 2.75) is 70.1 Å². The molecule has 0 bridgehead atoms. The molecular weight excluding hydrogens is 386 g/mol. The molecule has 0 unspecified atom stereocenters. The van der Waals surface area contributed by atoms with E-state index < -0.39 is 0 Å². The predicted octanol–water partition coefficient (Wildman–Crippen LogP) is 4.51. The van der Waals surface area contributed by atoms with Crippen molar-refractivity contribution in [2.75, 3.05) is 0 Å². The van der Waals surface area contributed by atoms with Crippen LogP contribution in [0.2, 0.25) is 0 Å². The van der Waals surface area contributed by atoms with Crippen LogP contribution in [-0.2, 0) is 0 Å². The minimum atomic E-state index is 0. The van der Waals surface area contributed by atoms with Crippen molar-refractivity contribution < 1.29 is 58.2 Å². The molecule has 0 aliphatic heterocycles. The van der Waals surface area contributed by atoms with E-state index in [-0.39, 0.29) is 58.2 Å². The molecule has 0 aromatic heterocycles. The van der Waals surface area contributed by atoms with E-state index >= 15 is 0 Å². The van der Waals surface area contributed by atoms with Gasteiger partial charge in [0.05, 0.1) is 0 Å². The van der Waals surface area contributed by atoms with Crippen molar-refractivity contribution in [1.82, 2.24) is 0 Å². The zero-order valence-corrected chi connectivity index (χ0v) is 21.5. The average molecular weight is 417 g/mol. The Balaban J connectivity index is 0.00000196. The SMILES string of the molecule is CC1CCC(c2ccc(-c3ccc(C4CC[CH-]CC4)cc3)cc2)CC1.[Rb+]. The maximum absolute atomic E-state index is 2.44. The summed E-state index contributed by atoms with van der Waals surface area (Å²) in [5, 5.41) is 0. The van der Waals surface area contributed by atoms with Crippen LogP contribution in [-0.4, -0.2) is 0 Å². The third-order valence-corrected chi connectivity index (χ3v) is 6.55. The van der Waals surface area contributed by atoms with E-state index in [9.17, 15) is 0 Å². The minimum Gasteiger partial charge on any atom is -0.328 e. The van der Waals surface area contributed by atoms with Gasteiger partial charge < -0.3 is 6.42 Å². The van der Waals surface area contributed by atoms with E-state index in [4.69, 9.17) is 0 Å². The van der Waals surface area contributed by atoms with Gasteiger partial charge in [-0.1, -0.05) is 81.1 Å². The van der Waals surface area contributed by atoms with Gasteiger partial charge in [-0.3, -0.25) is 0 Å². The fourth-order valence-corrected chi connectivity index (χ4v) is 4.75. The molecule has 0 nitrogen and oxygen atoms in total. The zero-order chi connectivity index (χ0) is 17.1. The van der Waals surface area contributed by atoms with Crippen LogP contribution in [0.1, 0.15) is 81.3 Å². The van der Waals surface area contributed by atoms with Gasteiger partial charge in [-0.2, -0.15) is 12.8 Å². The van der Waals surface area contributed by atoms with Crippen LogP contribution in [0, 0.1) is 12.3 Å². The normalized spacial score (nSPS) is 24.0. The second-order valence-electron chi connectivity index (χ2n) is 8.34. The Morgan fingerprint density at radius 2 is 1.04 bits per heavy atom. The first-order valence-electron chi connectivity index (χ1n) is 10.3. The molecule has 0 N–H and O–H groups in total. The summed E-state index contributed by atoms with van der Waals surface area (Å²) in [6.45, 7) is 2.40. The van der Waals surface area contributed by atoms with Gasteiger partial charge in [0.1, 0.15) is 0 Å². The predicted molar refractivity (Wildman–Crippen MR) is 108 cm³/mol. The van der Waals surface area contributed by atoms with E-state index in [1.807, 2.05) is 0 Å². The Morgan fingerprint density at radius 3 is 1.50 bits per heavy atom. The van der Waals surface area contributed by atoms with Crippen LogP contribution in [0.15, 0.2) is 48.5 Å². The van der Waals surface area contributed by atoms with E-state index in [0.29, 0.717) is 0 Å². The summed E-state index contributed by atoms with van der Waals surface area (Å²) in [4.78, 5) is 0. The molecule has 26 heavy (non-hydrogen) atoms. The second-order valence-corrected chi connectivity index (χ2v) is 8.34. The molecule has 2 aliphatic rings. The van der Waals surface area contributed by atoms with Gasteiger partial charge in [0.25, 0.3) is 0 Å². The van der Waals surface area contributed by atoms with Crippen LogP contribution < -0.4 is 58.2 Å². The average Bonchev–Trinajstić information content (AvgIpc) is 2.70. The van der Waals surface area contributed by atoms with Crippen LogP contribution in [0.25, 0.3) is 11.1 Å². The van der Waals surface area contributed by atoms with Crippen LogP contribution in [0.5, 0.6) is 0 Å². The maximum atomic E-state index is 2.44. The molecule has 2 aliphatic carbocycles. The van der Waals surface area contributed by atoms with Crippen molar-refractivity contribution in [2.24, 2.45) is 5.92 Å². The molecule has 4 rings (SSSR count). The number of hydrogen-bond donors (Lipinski definition) is 0.